The summed E-state index contributed by atoms with van der Waals surface area (Å²) in [6.07, 6.45) is 3.22. The molecule has 0 aliphatic heterocycles. The SMILES string of the molecule is CCCC[NH-].[CH2-]c1c(-c2cccc3c2Cc2ccccc2-3)ccc2ccccc12.[Cl-].[Cl-].[Ti+2]. The number of rotatable bonds is 3. The fraction of sp³-hybridized carbons (Fsp3) is 0.179. The summed E-state index contributed by atoms with van der Waals surface area (Å²) < 4.78 is 0. The molecular weight excluding hydrogens is 469 g/mol. The average Bonchev–Trinajstić information content (AvgIpc) is 3.14. The minimum absolute atomic E-state index is 0. The van der Waals surface area contributed by atoms with Gasteiger partial charge in [-0.1, -0.05) is 97.4 Å². The third-order valence-electron chi connectivity index (χ3n) is 5.71. The van der Waals surface area contributed by atoms with Crippen molar-refractivity contribution in [2.24, 2.45) is 0 Å². The van der Waals surface area contributed by atoms with Gasteiger partial charge >= 0.3 is 21.7 Å². The Kier molecular flexibility index (Phi) is 11.6. The number of fused-ring (bicyclic) bond motifs is 4. The Hall–Kier alpha value is -1.74. The fourth-order valence-corrected chi connectivity index (χ4v) is 4.17. The van der Waals surface area contributed by atoms with E-state index in [9.17, 15) is 0 Å². The Morgan fingerprint density at radius 2 is 1.38 bits per heavy atom. The van der Waals surface area contributed by atoms with Crippen LogP contribution in [0.5, 0.6) is 0 Å². The van der Waals surface area contributed by atoms with E-state index < -0.39 is 0 Å². The van der Waals surface area contributed by atoms with E-state index in [0.29, 0.717) is 6.54 Å². The first-order chi connectivity index (χ1) is 14.2. The van der Waals surface area contributed by atoms with Gasteiger partial charge in [0.05, 0.1) is 0 Å². The van der Waals surface area contributed by atoms with Crippen molar-refractivity contribution in [3.63, 3.8) is 0 Å². The molecule has 4 heteroatoms. The van der Waals surface area contributed by atoms with Gasteiger partial charge in [0.15, 0.2) is 0 Å². The Balaban J connectivity index is 0.000000584. The van der Waals surface area contributed by atoms with Gasteiger partial charge in [-0.2, -0.15) is 19.0 Å². The van der Waals surface area contributed by atoms with Crippen LogP contribution in [0.2, 0.25) is 0 Å². The van der Waals surface area contributed by atoms with E-state index in [0.717, 1.165) is 24.8 Å². The molecule has 4 aromatic rings. The van der Waals surface area contributed by atoms with E-state index in [2.05, 4.69) is 92.7 Å². The van der Waals surface area contributed by atoms with Gasteiger partial charge in [0.1, 0.15) is 0 Å². The molecule has 0 saturated carbocycles. The van der Waals surface area contributed by atoms with Crippen LogP contribution in [0.1, 0.15) is 36.5 Å². The van der Waals surface area contributed by atoms with Crippen molar-refractivity contribution in [3.05, 3.63) is 108 Å². The monoisotopic (exact) mass is 495 g/mol. The van der Waals surface area contributed by atoms with Crippen molar-refractivity contribution in [2.75, 3.05) is 6.54 Å². The number of benzene rings is 4. The molecule has 0 saturated heterocycles. The van der Waals surface area contributed by atoms with Crippen LogP contribution in [0.3, 0.4) is 0 Å². The van der Waals surface area contributed by atoms with E-state index in [-0.39, 0.29) is 46.5 Å². The van der Waals surface area contributed by atoms with Crippen LogP contribution < -0.4 is 24.8 Å². The molecule has 4 aromatic carbocycles. The molecule has 1 N–H and O–H groups in total. The molecular formula is C28H27Cl2NTi-2. The van der Waals surface area contributed by atoms with Gasteiger partial charge in [-0.3, -0.25) is 0 Å². The minimum Gasteiger partial charge on any atom is -1.00 e. The van der Waals surface area contributed by atoms with Gasteiger partial charge in [-0.25, -0.2) is 0 Å². The number of nitrogens with one attached hydrogen (secondary N) is 1. The number of hydrogen-bond donors (Lipinski definition) is 0. The molecule has 0 spiro atoms. The zero-order valence-corrected chi connectivity index (χ0v) is 21.4. The van der Waals surface area contributed by atoms with Crippen molar-refractivity contribution in [1.82, 2.24) is 0 Å². The molecule has 0 amide bonds. The largest absolute Gasteiger partial charge is 2.00 e. The third-order valence-corrected chi connectivity index (χ3v) is 5.71. The molecule has 5 rings (SSSR count). The summed E-state index contributed by atoms with van der Waals surface area (Å²) in [6, 6.07) is 28.3. The second kappa shape index (κ2) is 13.1. The number of unbranched alkanes of at least 4 members (excludes halogenated alkanes) is 1. The van der Waals surface area contributed by atoms with E-state index in [1.54, 1.807) is 0 Å². The minimum atomic E-state index is 0. The molecule has 0 fully saturated rings. The second-order valence-electron chi connectivity index (χ2n) is 7.58. The quantitative estimate of drug-likeness (QED) is 0.270. The molecule has 32 heavy (non-hydrogen) atoms. The summed E-state index contributed by atoms with van der Waals surface area (Å²) in [6.45, 7) is 7.09. The average molecular weight is 496 g/mol. The maximum Gasteiger partial charge on any atom is 2.00 e. The van der Waals surface area contributed by atoms with Crippen LogP contribution in [0.4, 0.5) is 0 Å². The Morgan fingerprint density at radius 1 is 0.750 bits per heavy atom. The van der Waals surface area contributed by atoms with E-state index in [4.69, 9.17) is 5.73 Å². The van der Waals surface area contributed by atoms with Gasteiger partial charge in [0, 0.05) is 0 Å². The van der Waals surface area contributed by atoms with Crippen molar-refractivity contribution < 1.29 is 46.5 Å². The summed E-state index contributed by atoms with van der Waals surface area (Å²) in [7, 11) is 0. The summed E-state index contributed by atoms with van der Waals surface area (Å²) >= 11 is 0. The second-order valence-corrected chi connectivity index (χ2v) is 7.58. The van der Waals surface area contributed by atoms with Gasteiger partial charge in [0.25, 0.3) is 0 Å². The van der Waals surface area contributed by atoms with Crippen LogP contribution in [0, 0.1) is 6.92 Å². The molecule has 1 aliphatic carbocycles. The Labute approximate surface area is 219 Å². The first-order valence-electron chi connectivity index (χ1n) is 10.4. The Morgan fingerprint density at radius 3 is 2.06 bits per heavy atom. The van der Waals surface area contributed by atoms with Crippen LogP contribution >= 0.6 is 0 Å². The van der Waals surface area contributed by atoms with E-state index >= 15 is 0 Å². The van der Waals surface area contributed by atoms with Crippen LogP contribution in [0.15, 0.2) is 78.9 Å². The smallest absolute Gasteiger partial charge is 1.00 e. The molecule has 0 aromatic heterocycles. The fourth-order valence-electron chi connectivity index (χ4n) is 4.17. The van der Waals surface area contributed by atoms with Crippen molar-refractivity contribution >= 4 is 10.8 Å². The van der Waals surface area contributed by atoms with Crippen LogP contribution in [-0.2, 0) is 28.1 Å². The van der Waals surface area contributed by atoms with Crippen molar-refractivity contribution in [2.45, 2.75) is 26.2 Å². The van der Waals surface area contributed by atoms with E-state index in [1.807, 2.05) is 0 Å². The van der Waals surface area contributed by atoms with Crippen LogP contribution in [0.25, 0.3) is 38.8 Å². The first kappa shape index (κ1) is 28.3. The molecule has 0 radical (unpaired) electrons. The summed E-state index contributed by atoms with van der Waals surface area (Å²) in [5.74, 6) is 0. The van der Waals surface area contributed by atoms with Gasteiger partial charge in [-0.05, 0) is 28.7 Å². The zero-order chi connectivity index (χ0) is 20.2. The molecule has 0 unspecified atom stereocenters. The zero-order valence-electron chi connectivity index (χ0n) is 18.3. The molecule has 1 nitrogen and oxygen atoms in total. The molecule has 0 atom stereocenters. The number of halogens is 2. The molecule has 0 bridgehead atoms. The summed E-state index contributed by atoms with van der Waals surface area (Å²) in [5.41, 5.74) is 15.9. The van der Waals surface area contributed by atoms with E-state index in [1.165, 1.54) is 44.2 Å². The van der Waals surface area contributed by atoms with Gasteiger partial charge in [-0.15, -0.1) is 23.1 Å². The van der Waals surface area contributed by atoms with Crippen molar-refractivity contribution in [3.8, 4) is 22.3 Å². The topological polar surface area (TPSA) is 23.8 Å². The standard InChI is InChI=1S/C24H17.C4H10N.2ClH.Ti/c1-16-19-9-4-2-7-17(19)13-14-20(16)22-11-6-12-23-21-10-5-3-8-18(21)15-24(22)23;1-2-3-4-5;;;/h2-14H,1,15H2;5H,2-4H2,1H3;2*1H;/q2*-1;;;+2/p-2. The number of hydrogen-bond acceptors (Lipinski definition) is 0. The molecule has 0 heterocycles. The maximum absolute atomic E-state index is 6.60. The Bertz CT molecular complexity index is 1160. The summed E-state index contributed by atoms with van der Waals surface area (Å²) in [5, 5.41) is 2.49. The van der Waals surface area contributed by atoms with Gasteiger partial charge in [0.2, 0.25) is 0 Å². The summed E-state index contributed by atoms with van der Waals surface area (Å²) in [4.78, 5) is 0. The molecule has 164 valence electrons. The predicted molar refractivity (Wildman–Crippen MR) is 126 cm³/mol. The predicted octanol–water partition coefficient (Wildman–Crippen LogP) is 2.10. The normalized spacial score (nSPS) is 10.4. The van der Waals surface area contributed by atoms with Crippen LogP contribution in [-0.4, -0.2) is 6.54 Å². The van der Waals surface area contributed by atoms with Crippen molar-refractivity contribution in [1.29, 1.82) is 0 Å². The first-order valence-corrected chi connectivity index (χ1v) is 10.4. The molecule has 1 aliphatic rings. The van der Waals surface area contributed by atoms with Gasteiger partial charge < -0.3 is 30.5 Å². The third kappa shape index (κ3) is 5.60. The maximum atomic E-state index is 6.60.